The third-order valence-corrected chi connectivity index (χ3v) is 3.82. The molecule has 1 unspecified atom stereocenters. The molecule has 4 nitrogen and oxygen atoms in total. The van der Waals surface area contributed by atoms with Crippen LogP contribution in [-0.4, -0.2) is 48.7 Å². The Balaban J connectivity index is 2.17. The fourth-order valence-electron chi connectivity index (χ4n) is 2.53. The van der Waals surface area contributed by atoms with Crippen molar-refractivity contribution in [2.75, 3.05) is 31.6 Å². The van der Waals surface area contributed by atoms with Crippen LogP contribution in [0.2, 0.25) is 0 Å². The van der Waals surface area contributed by atoms with Crippen LogP contribution in [0.4, 0.5) is 5.69 Å². The summed E-state index contributed by atoms with van der Waals surface area (Å²) in [6, 6.07) is 7.96. The Hall–Kier alpha value is -1.39. The first-order valence-electron chi connectivity index (χ1n) is 6.88. The molecule has 2 rings (SSSR count). The van der Waals surface area contributed by atoms with E-state index in [9.17, 15) is 4.79 Å². The number of hydrogen-bond acceptors (Lipinski definition) is 3. The maximum Gasteiger partial charge on any atom is 0.244 e. The molecule has 4 heteroatoms. The van der Waals surface area contributed by atoms with Crippen molar-refractivity contribution in [3.8, 4) is 0 Å². The van der Waals surface area contributed by atoms with Crippen molar-refractivity contribution in [1.29, 1.82) is 0 Å². The molecule has 104 valence electrons. The second-order valence-corrected chi connectivity index (χ2v) is 5.02. The van der Waals surface area contributed by atoms with Crippen molar-refractivity contribution in [3.63, 3.8) is 0 Å². The Morgan fingerprint density at radius 2 is 1.95 bits per heavy atom. The van der Waals surface area contributed by atoms with Gasteiger partial charge in [0.1, 0.15) is 0 Å². The van der Waals surface area contributed by atoms with Gasteiger partial charge in [-0.25, -0.2) is 0 Å². The van der Waals surface area contributed by atoms with Crippen molar-refractivity contribution in [2.24, 2.45) is 0 Å². The average molecular weight is 262 g/mol. The lowest BCUT2D eigenvalue weighted by Gasteiger charge is -2.38. The highest BCUT2D eigenvalue weighted by atomic mass is 16.3. The van der Waals surface area contributed by atoms with Crippen LogP contribution >= 0.6 is 0 Å². The van der Waals surface area contributed by atoms with Crippen LogP contribution in [0.25, 0.3) is 0 Å². The molecule has 1 N–H and O–H groups in total. The summed E-state index contributed by atoms with van der Waals surface area (Å²) in [6.07, 6.45) is 1.50. The molecule has 0 saturated carbocycles. The third-order valence-electron chi connectivity index (χ3n) is 3.82. The zero-order chi connectivity index (χ0) is 13.8. The number of anilines is 1. The SMILES string of the molecule is CCc1ccc(N2CCN(C)C(CCO)C2=O)cc1. The van der Waals surface area contributed by atoms with Crippen LogP contribution in [-0.2, 0) is 11.2 Å². The summed E-state index contributed by atoms with van der Waals surface area (Å²) >= 11 is 0. The average Bonchev–Trinajstić information content (AvgIpc) is 2.44. The second-order valence-electron chi connectivity index (χ2n) is 5.02. The molecule has 19 heavy (non-hydrogen) atoms. The minimum atomic E-state index is -0.204. The van der Waals surface area contributed by atoms with E-state index in [2.05, 4.69) is 19.1 Å². The van der Waals surface area contributed by atoms with E-state index in [1.54, 1.807) is 0 Å². The summed E-state index contributed by atoms with van der Waals surface area (Å²) in [7, 11) is 1.94. The van der Waals surface area contributed by atoms with Crippen molar-refractivity contribution in [3.05, 3.63) is 29.8 Å². The van der Waals surface area contributed by atoms with E-state index in [0.29, 0.717) is 13.0 Å². The molecular weight excluding hydrogens is 240 g/mol. The van der Waals surface area contributed by atoms with E-state index in [4.69, 9.17) is 5.11 Å². The molecule has 0 aliphatic carbocycles. The number of amides is 1. The number of benzene rings is 1. The van der Waals surface area contributed by atoms with Crippen LogP contribution in [0.5, 0.6) is 0 Å². The summed E-state index contributed by atoms with van der Waals surface area (Å²) in [4.78, 5) is 16.3. The monoisotopic (exact) mass is 262 g/mol. The van der Waals surface area contributed by atoms with Crippen LogP contribution < -0.4 is 4.90 Å². The van der Waals surface area contributed by atoms with E-state index >= 15 is 0 Å². The number of nitrogens with zero attached hydrogens (tertiary/aromatic N) is 2. The maximum absolute atomic E-state index is 12.5. The van der Waals surface area contributed by atoms with E-state index in [-0.39, 0.29) is 18.6 Å². The molecule has 1 atom stereocenters. The highest BCUT2D eigenvalue weighted by Gasteiger charge is 2.32. The number of aliphatic hydroxyl groups excluding tert-OH is 1. The van der Waals surface area contributed by atoms with Crippen molar-refractivity contribution in [2.45, 2.75) is 25.8 Å². The topological polar surface area (TPSA) is 43.8 Å². The first-order valence-corrected chi connectivity index (χ1v) is 6.88. The maximum atomic E-state index is 12.5. The molecule has 0 spiro atoms. The number of rotatable bonds is 4. The standard InChI is InChI=1S/C15H22N2O2/c1-3-12-4-6-13(7-5-12)17-10-9-16(2)14(8-11-18)15(17)19/h4-7,14,18H,3,8-11H2,1-2H3. The molecular formula is C15H22N2O2. The Kier molecular flexibility index (Phi) is 4.56. The minimum Gasteiger partial charge on any atom is -0.396 e. The van der Waals surface area contributed by atoms with Gasteiger partial charge in [-0.2, -0.15) is 0 Å². The van der Waals surface area contributed by atoms with E-state index in [1.807, 2.05) is 29.0 Å². The van der Waals surface area contributed by atoms with Gasteiger partial charge in [0.05, 0.1) is 6.04 Å². The summed E-state index contributed by atoms with van der Waals surface area (Å²) in [5, 5.41) is 9.08. The summed E-state index contributed by atoms with van der Waals surface area (Å²) in [5.74, 6) is 0.0899. The predicted molar refractivity (Wildman–Crippen MR) is 76.3 cm³/mol. The van der Waals surface area contributed by atoms with Crippen LogP contribution in [0.3, 0.4) is 0 Å². The fourth-order valence-corrected chi connectivity index (χ4v) is 2.53. The molecule has 1 heterocycles. The molecule has 1 aliphatic heterocycles. The van der Waals surface area contributed by atoms with Gasteiger partial charge < -0.3 is 10.0 Å². The summed E-state index contributed by atoms with van der Waals surface area (Å²) in [6.45, 7) is 3.71. The summed E-state index contributed by atoms with van der Waals surface area (Å²) in [5.41, 5.74) is 2.23. The molecule has 1 amide bonds. The summed E-state index contributed by atoms with van der Waals surface area (Å²) < 4.78 is 0. The molecule has 1 aromatic rings. The third kappa shape index (κ3) is 2.96. The lowest BCUT2D eigenvalue weighted by atomic mass is 10.1. The van der Waals surface area contributed by atoms with Gasteiger partial charge in [-0.1, -0.05) is 19.1 Å². The number of piperazine rings is 1. The smallest absolute Gasteiger partial charge is 0.244 e. The van der Waals surface area contributed by atoms with Gasteiger partial charge in [-0.3, -0.25) is 9.69 Å². The number of likely N-dealkylation sites (N-methyl/N-ethyl adjacent to an activating group) is 1. The van der Waals surface area contributed by atoms with Gasteiger partial charge >= 0.3 is 0 Å². The zero-order valence-corrected chi connectivity index (χ0v) is 11.7. The number of aryl methyl sites for hydroxylation is 1. The lowest BCUT2D eigenvalue weighted by molar-refractivity contribution is -0.125. The van der Waals surface area contributed by atoms with Crippen molar-refractivity contribution < 1.29 is 9.90 Å². The second kappa shape index (κ2) is 6.17. The molecule has 1 aromatic carbocycles. The fraction of sp³-hybridized carbons (Fsp3) is 0.533. The predicted octanol–water partition coefficient (Wildman–Crippen LogP) is 1.28. The Labute approximate surface area is 114 Å². The largest absolute Gasteiger partial charge is 0.396 e. The first kappa shape index (κ1) is 14.0. The zero-order valence-electron chi connectivity index (χ0n) is 11.7. The van der Waals surface area contributed by atoms with Gasteiger partial charge in [-0.05, 0) is 37.6 Å². The Morgan fingerprint density at radius 1 is 1.26 bits per heavy atom. The number of carbonyl (C=O) groups is 1. The Bertz CT molecular complexity index is 430. The Morgan fingerprint density at radius 3 is 2.53 bits per heavy atom. The van der Waals surface area contributed by atoms with Gasteiger partial charge in [0.15, 0.2) is 0 Å². The highest BCUT2D eigenvalue weighted by molar-refractivity contribution is 5.97. The van der Waals surface area contributed by atoms with Crippen LogP contribution in [0, 0.1) is 0 Å². The molecule has 0 aromatic heterocycles. The molecule has 1 fully saturated rings. The van der Waals surface area contributed by atoms with E-state index < -0.39 is 0 Å². The first-order chi connectivity index (χ1) is 9.17. The van der Waals surface area contributed by atoms with Gasteiger partial charge in [-0.15, -0.1) is 0 Å². The van der Waals surface area contributed by atoms with Crippen LogP contribution in [0.15, 0.2) is 24.3 Å². The molecule has 1 saturated heterocycles. The van der Waals surface area contributed by atoms with Gasteiger partial charge in [0, 0.05) is 25.4 Å². The molecule has 0 radical (unpaired) electrons. The van der Waals surface area contributed by atoms with Crippen LogP contribution in [0.1, 0.15) is 18.9 Å². The van der Waals surface area contributed by atoms with Crippen molar-refractivity contribution >= 4 is 11.6 Å². The quantitative estimate of drug-likeness (QED) is 0.889. The van der Waals surface area contributed by atoms with Gasteiger partial charge in [0.25, 0.3) is 0 Å². The molecule has 1 aliphatic rings. The number of carbonyl (C=O) groups excluding carboxylic acids is 1. The van der Waals surface area contributed by atoms with E-state index in [0.717, 1.165) is 18.7 Å². The normalized spacial score (nSPS) is 20.9. The van der Waals surface area contributed by atoms with E-state index in [1.165, 1.54) is 5.56 Å². The number of aliphatic hydroxyl groups is 1. The van der Waals surface area contributed by atoms with Crippen molar-refractivity contribution in [1.82, 2.24) is 4.90 Å². The molecule has 0 bridgehead atoms. The highest BCUT2D eigenvalue weighted by Crippen LogP contribution is 2.21. The minimum absolute atomic E-state index is 0.0450. The van der Waals surface area contributed by atoms with Gasteiger partial charge in [0.2, 0.25) is 5.91 Å². The number of hydrogen-bond donors (Lipinski definition) is 1. The lowest BCUT2D eigenvalue weighted by Crippen LogP contribution is -2.56.